The summed E-state index contributed by atoms with van der Waals surface area (Å²) in [4.78, 5) is 42.7. The molecule has 272 valence electrons. The van der Waals surface area contributed by atoms with Crippen molar-refractivity contribution < 1.29 is 42.1 Å². The highest BCUT2D eigenvalue weighted by Crippen LogP contribution is 2.42. The van der Waals surface area contributed by atoms with Crippen LogP contribution in [0.15, 0.2) is 28.7 Å². The van der Waals surface area contributed by atoms with Crippen LogP contribution in [0.5, 0.6) is 0 Å². The van der Waals surface area contributed by atoms with Crippen LogP contribution in [0.2, 0.25) is 0 Å². The number of hydrogen-bond donors (Lipinski definition) is 2. The zero-order valence-electron chi connectivity index (χ0n) is 29.0. The van der Waals surface area contributed by atoms with E-state index in [2.05, 4.69) is 5.32 Å². The molecule has 1 aliphatic heterocycles. The van der Waals surface area contributed by atoms with Gasteiger partial charge in [-0.25, -0.2) is 4.79 Å². The van der Waals surface area contributed by atoms with Crippen LogP contribution in [0.1, 0.15) is 81.2 Å². The Morgan fingerprint density at radius 3 is 2.47 bits per heavy atom. The minimum absolute atomic E-state index is 0.0423. The second kappa shape index (κ2) is 18.3. The largest absolute Gasteiger partial charge is 0.460 e. The summed E-state index contributed by atoms with van der Waals surface area (Å²) in [5.74, 6) is -0.180. The van der Waals surface area contributed by atoms with Gasteiger partial charge < -0.3 is 39.3 Å². The lowest BCUT2D eigenvalue weighted by molar-refractivity contribution is -0.142. The van der Waals surface area contributed by atoms with Crippen LogP contribution >= 0.6 is 0 Å². The number of nitrogens with zero attached hydrogens (tertiary/aromatic N) is 1. The van der Waals surface area contributed by atoms with Crippen LogP contribution in [0.4, 0.5) is 10.1 Å². The molecule has 12 heteroatoms. The first kappa shape index (κ1) is 37.2. The van der Waals surface area contributed by atoms with Crippen LogP contribution in [0.3, 0.4) is 0 Å². The topological polar surface area (TPSA) is 143 Å². The van der Waals surface area contributed by atoms with Crippen molar-refractivity contribution in [3.05, 3.63) is 30.0 Å². The Kier molecular flexibility index (Phi) is 13.9. The predicted octanol–water partition coefficient (Wildman–Crippen LogP) is 5.50. The van der Waals surface area contributed by atoms with E-state index in [9.17, 15) is 18.8 Å². The van der Waals surface area contributed by atoms with Crippen molar-refractivity contribution in [3.8, 4) is 0 Å². The molecule has 2 amide bonds. The third-order valence-electron chi connectivity index (χ3n) is 10.9. The average molecular weight is 688 g/mol. The Morgan fingerprint density at radius 2 is 1.76 bits per heavy atom. The van der Waals surface area contributed by atoms with Gasteiger partial charge in [-0.15, -0.1) is 0 Å². The molecule has 1 aromatic carbocycles. The van der Waals surface area contributed by atoms with Gasteiger partial charge in [0.2, 0.25) is 17.6 Å². The molecule has 1 saturated heterocycles. The summed E-state index contributed by atoms with van der Waals surface area (Å²) < 4.78 is 39.9. The number of likely N-dealkylation sites (tertiary alicyclic amines) is 1. The highest BCUT2D eigenvalue weighted by Gasteiger charge is 2.47. The molecule has 2 aliphatic carbocycles. The van der Waals surface area contributed by atoms with Crippen LogP contribution in [0.25, 0.3) is 11.0 Å². The summed E-state index contributed by atoms with van der Waals surface area (Å²) >= 11 is 0. The predicted molar refractivity (Wildman–Crippen MR) is 183 cm³/mol. The zero-order valence-corrected chi connectivity index (χ0v) is 29.0. The van der Waals surface area contributed by atoms with Gasteiger partial charge >= 0.3 is 5.97 Å². The molecule has 5 rings (SSSR count). The first-order valence-electron chi connectivity index (χ1n) is 18.1. The quantitative estimate of drug-likeness (QED) is 0.173. The molecule has 2 aromatic rings. The van der Waals surface area contributed by atoms with Gasteiger partial charge in [-0.05, 0) is 106 Å². The number of halogens is 1. The van der Waals surface area contributed by atoms with Crippen molar-refractivity contribution in [3.63, 3.8) is 0 Å². The fraction of sp³-hybridized carbons (Fsp3) is 0.703. The molecule has 2 saturated carbocycles. The van der Waals surface area contributed by atoms with E-state index in [0.29, 0.717) is 74.6 Å². The number of carbonyl (C=O) groups excluding carboxylic acids is 3. The van der Waals surface area contributed by atoms with Crippen molar-refractivity contribution in [1.82, 2.24) is 4.90 Å². The average Bonchev–Trinajstić information content (AvgIpc) is 3.76. The maximum absolute atomic E-state index is 14.2. The molecule has 49 heavy (non-hydrogen) atoms. The third-order valence-corrected chi connectivity index (χ3v) is 10.9. The fourth-order valence-corrected chi connectivity index (χ4v) is 8.12. The number of anilines is 1. The molecule has 11 nitrogen and oxygen atoms in total. The molecule has 0 bridgehead atoms. The molecular weight excluding hydrogens is 633 g/mol. The van der Waals surface area contributed by atoms with Crippen LogP contribution in [-0.2, 0) is 28.5 Å². The summed E-state index contributed by atoms with van der Waals surface area (Å²) in [6.45, 7) is 1.78. The van der Waals surface area contributed by atoms with E-state index < -0.39 is 18.7 Å². The van der Waals surface area contributed by atoms with Crippen LogP contribution in [0, 0.1) is 23.7 Å². The van der Waals surface area contributed by atoms with Gasteiger partial charge in [0.05, 0.1) is 32.6 Å². The number of nitrogens with one attached hydrogen (secondary N) is 1. The standard InChI is InChI=1S/C37H54FN3O8/c1-45-20-21-47-18-3-19-48-37(44)33-23-27-22-28(10-13-32(27)49-33)40-35(42)34-30(24-8-11-29(46-2)12-9-24)15-17-41(34)36(43)26-6-4-25(5-7-26)31(39)14-16-38/h10,13,22-26,29-31,34H,3-9,11-12,14-21,39H2,1-2H3,(H,40,42)/t24?,25?,26?,29?,30-,31+,34-/m0/s1. The van der Waals surface area contributed by atoms with E-state index in [4.69, 9.17) is 29.1 Å². The number of furan rings is 1. The summed E-state index contributed by atoms with van der Waals surface area (Å²) in [5, 5.41) is 3.76. The maximum Gasteiger partial charge on any atom is 0.374 e. The monoisotopic (exact) mass is 687 g/mol. The molecule has 3 fully saturated rings. The van der Waals surface area contributed by atoms with E-state index in [1.807, 2.05) is 4.90 Å². The molecule has 0 spiro atoms. The number of rotatable bonds is 16. The third kappa shape index (κ3) is 9.59. The Hall–Kier alpha value is -3.06. The lowest BCUT2D eigenvalue weighted by Gasteiger charge is -2.37. The van der Waals surface area contributed by atoms with Crippen molar-refractivity contribution >= 4 is 34.4 Å². The van der Waals surface area contributed by atoms with Gasteiger partial charge in [0, 0.05) is 56.8 Å². The Bertz CT molecular complexity index is 1370. The highest BCUT2D eigenvalue weighted by molar-refractivity contribution is 6.00. The number of methoxy groups -OCH3 is 2. The lowest BCUT2D eigenvalue weighted by atomic mass is 9.75. The number of ether oxygens (including phenoxy) is 4. The van der Waals surface area contributed by atoms with E-state index in [0.717, 1.165) is 44.9 Å². The maximum atomic E-state index is 14.2. The molecule has 0 radical (unpaired) electrons. The van der Waals surface area contributed by atoms with Gasteiger partial charge in [-0.2, -0.15) is 0 Å². The van der Waals surface area contributed by atoms with Gasteiger partial charge in [0.1, 0.15) is 11.6 Å². The number of amides is 2. The number of hydrogen-bond acceptors (Lipinski definition) is 9. The van der Waals surface area contributed by atoms with Gasteiger partial charge in [-0.1, -0.05) is 0 Å². The highest BCUT2D eigenvalue weighted by atomic mass is 19.1. The van der Waals surface area contributed by atoms with Gasteiger partial charge in [-0.3, -0.25) is 14.0 Å². The summed E-state index contributed by atoms with van der Waals surface area (Å²) in [7, 11) is 3.36. The minimum Gasteiger partial charge on any atom is -0.460 e. The lowest BCUT2D eigenvalue weighted by Crippen LogP contribution is -2.50. The Morgan fingerprint density at radius 1 is 0.980 bits per heavy atom. The second-order valence-electron chi connectivity index (χ2n) is 13.9. The van der Waals surface area contributed by atoms with Crippen molar-refractivity contribution in [1.29, 1.82) is 0 Å². The van der Waals surface area contributed by atoms with Gasteiger partial charge in [0.25, 0.3) is 0 Å². The van der Waals surface area contributed by atoms with E-state index in [-0.39, 0.29) is 54.1 Å². The smallest absolute Gasteiger partial charge is 0.374 e. The number of fused-ring (bicyclic) bond motifs is 1. The van der Waals surface area contributed by atoms with Crippen molar-refractivity contribution in [2.75, 3.05) is 59.2 Å². The number of carbonyl (C=O) groups is 3. The molecule has 2 heterocycles. The molecule has 3 atom stereocenters. The van der Waals surface area contributed by atoms with Gasteiger partial charge in [0.15, 0.2) is 0 Å². The van der Waals surface area contributed by atoms with Crippen molar-refractivity contribution in [2.24, 2.45) is 29.4 Å². The summed E-state index contributed by atoms with van der Waals surface area (Å²) in [6, 6.07) is 6.10. The first-order valence-corrected chi connectivity index (χ1v) is 18.1. The number of esters is 1. The Balaban J connectivity index is 1.24. The van der Waals surface area contributed by atoms with Crippen molar-refractivity contribution in [2.45, 2.75) is 88.8 Å². The molecule has 3 aliphatic rings. The van der Waals surface area contributed by atoms with E-state index in [1.165, 1.54) is 0 Å². The fourth-order valence-electron chi connectivity index (χ4n) is 8.12. The number of alkyl halides is 1. The van der Waals surface area contributed by atoms with E-state index in [1.54, 1.807) is 38.5 Å². The van der Waals surface area contributed by atoms with E-state index >= 15 is 0 Å². The second-order valence-corrected chi connectivity index (χ2v) is 13.9. The summed E-state index contributed by atoms with van der Waals surface area (Å²) in [5.41, 5.74) is 7.28. The minimum atomic E-state index is -0.577. The normalized spacial score (nSPS) is 26.5. The zero-order chi connectivity index (χ0) is 34.8. The summed E-state index contributed by atoms with van der Waals surface area (Å²) in [6.07, 6.45) is 8.79. The number of nitrogens with two attached hydrogens (primary N) is 1. The van der Waals surface area contributed by atoms with Crippen LogP contribution < -0.4 is 11.1 Å². The first-order chi connectivity index (χ1) is 23.8. The molecule has 1 aromatic heterocycles. The molecule has 3 N–H and O–H groups in total. The number of benzene rings is 1. The van der Waals surface area contributed by atoms with Crippen LogP contribution in [-0.4, -0.2) is 94.7 Å². The Labute approximate surface area is 288 Å². The molecule has 0 unspecified atom stereocenters. The molecular formula is C37H54FN3O8. The SMILES string of the molecule is COCCOCCCOC(=O)c1cc2cc(NC(=O)[C@@H]3[C@H](C4CCC(OC)CC4)CCN3C(=O)C3CCC([C@H](N)CCF)CC3)ccc2o1.